The van der Waals surface area contributed by atoms with E-state index in [0.29, 0.717) is 24.2 Å². The molecule has 0 spiro atoms. The van der Waals surface area contributed by atoms with E-state index in [-0.39, 0.29) is 38.2 Å². The molecule has 356 valence electrons. The van der Waals surface area contributed by atoms with Crippen molar-refractivity contribution in [1.29, 1.82) is 0 Å². The van der Waals surface area contributed by atoms with E-state index in [9.17, 15) is 19.8 Å². The molecule has 0 saturated carbocycles. The van der Waals surface area contributed by atoms with E-state index in [1.807, 2.05) is 48.5 Å². The van der Waals surface area contributed by atoms with Crippen molar-refractivity contribution in [2.24, 2.45) is 0 Å². The van der Waals surface area contributed by atoms with Crippen molar-refractivity contribution < 1.29 is 29.3 Å². The minimum absolute atomic E-state index is 0.0889. The Hall–Kier alpha value is -3.82. The number of carbonyl (C=O) groups excluding carboxylic acids is 2. The van der Waals surface area contributed by atoms with Gasteiger partial charge < -0.3 is 35.6 Å². The number of anilines is 4. The van der Waals surface area contributed by atoms with Gasteiger partial charge in [-0.2, -0.15) is 0 Å². The number of carbonyl (C=O) groups is 2. The molecule has 9 heteroatoms. The Balaban J connectivity index is 1.63. The normalized spacial score (nSPS) is 12.4. The maximum absolute atomic E-state index is 12.4. The summed E-state index contributed by atoms with van der Waals surface area (Å²) >= 11 is 0. The highest BCUT2D eigenvalue weighted by atomic mass is 16.5. The smallest absolute Gasteiger partial charge is 0.305 e. The zero-order chi connectivity index (χ0) is 45.3. The van der Waals surface area contributed by atoms with Gasteiger partial charge in [0, 0.05) is 37.3 Å². The Labute approximate surface area is 383 Å². The van der Waals surface area contributed by atoms with Gasteiger partial charge in [0.2, 0.25) is 0 Å². The number of allylic oxidation sites excluding steroid dienone is 4. The average Bonchev–Trinajstić information content (AvgIpc) is 3.29. The summed E-state index contributed by atoms with van der Waals surface area (Å²) in [4.78, 5) is 24.8. The summed E-state index contributed by atoms with van der Waals surface area (Å²) in [5, 5.41) is 31.3. The number of ether oxygens (including phenoxy) is 2. The van der Waals surface area contributed by atoms with Crippen LogP contribution >= 0.6 is 0 Å². The van der Waals surface area contributed by atoms with Crippen LogP contribution < -0.4 is 16.0 Å². The summed E-state index contributed by atoms with van der Waals surface area (Å²) in [5.41, 5.74) is 3.17. The fraction of sp³-hybridized carbons (Fsp3) is 0.667. The average molecular weight is 876 g/mol. The Morgan fingerprint density at radius 2 is 0.889 bits per heavy atom. The molecule has 2 atom stereocenters. The minimum Gasteiger partial charge on any atom is -0.463 e. The zero-order valence-electron chi connectivity index (χ0n) is 39.7. The fourth-order valence-corrected chi connectivity index (χ4v) is 7.39. The predicted octanol–water partition coefficient (Wildman–Crippen LogP) is 14.1. The molecule has 0 fully saturated rings. The molecule has 0 aromatic heterocycles. The summed E-state index contributed by atoms with van der Waals surface area (Å²) in [7, 11) is 0. The van der Waals surface area contributed by atoms with E-state index in [1.54, 1.807) is 0 Å². The van der Waals surface area contributed by atoms with Gasteiger partial charge in [0.15, 0.2) is 0 Å². The summed E-state index contributed by atoms with van der Waals surface area (Å²) < 4.78 is 10.8. The van der Waals surface area contributed by atoms with E-state index in [0.717, 1.165) is 62.7 Å². The van der Waals surface area contributed by atoms with E-state index < -0.39 is 12.2 Å². The van der Waals surface area contributed by atoms with Crippen LogP contribution in [0.25, 0.3) is 0 Å². The molecule has 0 aliphatic rings. The SMILES string of the molecule is CCCCCCCCC=CCCCCCCCC(=O)OCC(O)CNc1cc(Nc2ccccc2)ccc1NCC(O)COC(=O)CCCCCCC/C=C\CCCCCCCC. The second kappa shape index (κ2) is 39.7. The van der Waals surface area contributed by atoms with Crippen LogP contribution in [-0.2, 0) is 19.1 Å². The van der Waals surface area contributed by atoms with Crippen LogP contribution in [0.5, 0.6) is 0 Å². The molecular formula is C54H89N3O6. The Morgan fingerprint density at radius 1 is 0.492 bits per heavy atom. The van der Waals surface area contributed by atoms with Gasteiger partial charge in [-0.15, -0.1) is 0 Å². The number of nitrogens with one attached hydrogen (secondary N) is 3. The minimum atomic E-state index is -0.909. The summed E-state index contributed by atoms with van der Waals surface area (Å²) in [6, 6.07) is 15.6. The van der Waals surface area contributed by atoms with E-state index >= 15 is 0 Å². The zero-order valence-corrected chi connectivity index (χ0v) is 39.7. The molecule has 2 aromatic carbocycles. The molecule has 0 radical (unpaired) electrons. The van der Waals surface area contributed by atoms with Gasteiger partial charge >= 0.3 is 11.9 Å². The fourth-order valence-electron chi connectivity index (χ4n) is 7.39. The topological polar surface area (TPSA) is 129 Å². The molecule has 0 bridgehead atoms. The third-order valence-electron chi connectivity index (χ3n) is 11.3. The molecule has 0 amide bonds. The maximum Gasteiger partial charge on any atom is 0.305 e. The van der Waals surface area contributed by atoms with Crippen molar-refractivity contribution in [2.45, 2.75) is 206 Å². The van der Waals surface area contributed by atoms with Crippen LogP contribution in [0.4, 0.5) is 22.7 Å². The van der Waals surface area contributed by atoms with Crippen molar-refractivity contribution in [3.8, 4) is 0 Å². The highest BCUT2D eigenvalue weighted by Crippen LogP contribution is 2.28. The van der Waals surface area contributed by atoms with Crippen molar-refractivity contribution in [2.75, 3.05) is 42.3 Å². The molecule has 9 nitrogen and oxygen atoms in total. The molecule has 2 unspecified atom stereocenters. The van der Waals surface area contributed by atoms with Crippen LogP contribution in [0.3, 0.4) is 0 Å². The van der Waals surface area contributed by atoms with Crippen LogP contribution in [0.15, 0.2) is 72.8 Å². The molecule has 0 aliphatic heterocycles. The molecule has 0 heterocycles. The largest absolute Gasteiger partial charge is 0.463 e. The Morgan fingerprint density at radius 3 is 1.33 bits per heavy atom. The van der Waals surface area contributed by atoms with Crippen LogP contribution in [0, 0.1) is 0 Å². The highest BCUT2D eigenvalue weighted by Gasteiger charge is 2.14. The van der Waals surface area contributed by atoms with Crippen molar-refractivity contribution in [3.63, 3.8) is 0 Å². The van der Waals surface area contributed by atoms with Crippen LogP contribution in [0.2, 0.25) is 0 Å². The van der Waals surface area contributed by atoms with Gasteiger partial charge in [0.25, 0.3) is 0 Å². The highest BCUT2D eigenvalue weighted by molar-refractivity contribution is 5.76. The van der Waals surface area contributed by atoms with Gasteiger partial charge in [-0.05, 0) is 94.5 Å². The summed E-state index contributed by atoms with van der Waals surface area (Å²) in [5.74, 6) is -0.571. The van der Waals surface area contributed by atoms with E-state index in [2.05, 4.69) is 54.1 Å². The second-order valence-electron chi connectivity index (χ2n) is 17.4. The van der Waals surface area contributed by atoms with Crippen molar-refractivity contribution in [1.82, 2.24) is 0 Å². The molecule has 0 aliphatic carbocycles. The number of hydrogen-bond donors (Lipinski definition) is 5. The number of esters is 2. The third kappa shape index (κ3) is 32.5. The van der Waals surface area contributed by atoms with Gasteiger partial charge in [-0.1, -0.05) is 159 Å². The lowest BCUT2D eigenvalue weighted by atomic mass is 10.1. The Bertz CT molecular complexity index is 1450. The number of aliphatic hydroxyl groups excluding tert-OH is 2. The van der Waals surface area contributed by atoms with Crippen LogP contribution in [-0.4, -0.2) is 60.7 Å². The summed E-state index contributed by atoms with van der Waals surface area (Å²) in [6.45, 7) is 4.65. The van der Waals surface area contributed by atoms with E-state index in [1.165, 1.54) is 116 Å². The Kier molecular flexibility index (Phi) is 34.9. The van der Waals surface area contributed by atoms with Crippen molar-refractivity contribution >= 4 is 34.7 Å². The molecule has 5 N–H and O–H groups in total. The lowest BCUT2D eigenvalue weighted by Crippen LogP contribution is -2.28. The number of para-hydroxylation sites is 1. The number of aliphatic hydroxyl groups is 2. The molecular weight excluding hydrogens is 787 g/mol. The van der Waals surface area contributed by atoms with Crippen molar-refractivity contribution in [3.05, 3.63) is 72.8 Å². The summed E-state index contributed by atoms with van der Waals surface area (Å²) in [6.07, 6.45) is 39.5. The molecule has 2 rings (SSSR count). The third-order valence-corrected chi connectivity index (χ3v) is 11.3. The van der Waals surface area contributed by atoms with Gasteiger partial charge in [0.1, 0.15) is 25.4 Å². The monoisotopic (exact) mass is 876 g/mol. The van der Waals surface area contributed by atoms with Gasteiger partial charge in [-0.3, -0.25) is 9.59 Å². The first-order valence-electron chi connectivity index (χ1n) is 25.3. The first kappa shape index (κ1) is 55.3. The lowest BCUT2D eigenvalue weighted by Gasteiger charge is -2.19. The molecule has 0 saturated heterocycles. The van der Waals surface area contributed by atoms with E-state index in [4.69, 9.17) is 9.47 Å². The number of benzene rings is 2. The standard InChI is InChI=1S/C54H89N3O6/c1-3-5-7-9-11-13-15-17-19-21-23-25-27-29-34-38-53(60)62-45-49(58)43-55-51-41-40-48(57-47-36-32-31-33-37-47)42-52(51)56-44-50(59)46-63-54(61)39-35-30-28-26-24-22-20-18-16-14-12-10-8-6-4-2/h17-20,31-33,36-37,40-42,49-50,55-59H,3-16,21-30,34-35,38-39,43-46H2,1-2H3/b19-17-,20-18?. The van der Waals surface area contributed by atoms with Gasteiger partial charge in [-0.25, -0.2) is 0 Å². The second-order valence-corrected chi connectivity index (χ2v) is 17.4. The predicted molar refractivity (Wildman–Crippen MR) is 266 cm³/mol. The van der Waals surface area contributed by atoms with Crippen LogP contribution in [0.1, 0.15) is 194 Å². The number of rotatable bonds is 42. The lowest BCUT2D eigenvalue weighted by molar-refractivity contribution is -0.147. The molecule has 2 aromatic rings. The quantitative estimate of drug-likeness (QED) is 0.0251. The first-order chi connectivity index (χ1) is 30.9. The van der Waals surface area contributed by atoms with Gasteiger partial charge in [0.05, 0.1) is 11.4 Å². The maximum atomic E-state index is 12.4. The first-order valence-corrected chi connectivity index (χ1v) is 25.3. The number of hydrogen-bond acceptors (Lipinski definition) is 9. The number of unbranched alkanes of at least 4 members (excludes halogenated alkanes) is 22. The molecule has 63 heavy (non-hydrogen) atoms.